The van der Waals surface area contributed by atoms with E-state index in [4.69, 9.17) is 33.7 Å². The molecule has 3 nitrogen and oxygen atoms in total. The number of hydrogen-bond acceptors (Lipinski definition) is 3. The van der Waals surface area contributed by atoms with Crippen molar-refractivity contribution < 1.29 is 4.74 Å². The van der Waals surface area contributed by atoms with Crippen molar-refractivity contribution in [3.8, 4) is 5.75 Å². The summed E-state index contributed by atoms with van der Waals surface area (Å²) in [5.74, 6) is 0.679. The molecule has 0 saturated heterocycles. The molecule has 0 aliphatic carbocycles. The van der Waals surface area contributed by atoms with Crippen LogP contribution in [0.15, 0.2) is 36.4 Å². The largest absolute Gasteiger partial charge is 0.495 e. The van der Waals surface area contributed by atoms with Gasteiger partial charge in [-0.15, -0.1) is 0 Å². The van der Waals surface area contributed by atoms with Crippen LogP contribution in [0.5, 0.6) is 5.75 Å². The SMILES string of the molecule is COc1ccc(Cl)cc1Nc1cccc(Cl)c1N. The maximum Gasteiger partial charge on any atom is 0.142 e. The van der Waals surface area contributed by atoms with Crippen molar-refractivity contribution in [2.24, 2.45) is 0 Å². The zero-order valence-electron chi connectivity index (χ0n) is 9.71. The van der Waals surface area contributed by atoms with Crippen molar-refractivity contribution in [2.75, 3.05) is 18.2 Å². The molecule has 0 atom stereocenters. The third-order valence-corrected chi connectivity index (χ3v) is 3.05. The Morgan fingerprint density at radius 3 is 2.61 bits per heavy atom. The van der Waals surface area contributed by atoms with Gasteiger partial charge in [-0.05, 0) is 30.3 Å². The van der Waals surface area contributed by atoms with Crippen LogP contribution in [-0.2, 0) is 0 Å². The molecule has 0 heterocycles. The van der Waals surface area contributed by atoms with Gasteiger partial charge in [0.2, 0.25) is 0 Å². The zero-order chi connectivity index (χ0) is 13.1. The van der Waals surface area contributed by atoms with Gasteiger partial charge in [-0.25, -0.2) is 0 Å². The average molecular weight is 283 g/mol. The van der Waals surface area contributed by atoms with E-state index in [-0.39, 0.29) is 0 Å². The number of para-hydroxylation sites is 1. The van der Waals surface area contributed by atoms with Crippen molar-refractivity contribution in [1.82, 2.24) is 0 Å². The Bertz CT molecular complexity index is 573. The van der Waals surface area contributed by atoms with Crippen molar-refractivity contribution in [1.29, 1.82) is 0 Å². The lowest BCUT2D eigenvalue weighted by Gasteiger charge is -2.13. The average Bonchev–Trinajstić information content (AvgIpc) is 2.35. The molecule has 3 N–H and O–H groups in total. The molecule has 0 radical (unpaired) electrons. The second-order valence-electron chi connectivity index (χ2n) is 3.67. The van der Waals surface area contributed by atoms with Crippen LogP contribution in [0.1, 0.15) is 0 Å². The van der Waals surface area contributed by atoms with Gasteiger partial charge in [0, 0.05) is 5.02 Å². The molecular formula is C13H12Cl2N2O. The Kier molecular flexibility index (Phi) is 3.84. The van der Waals surface area contributed by atoms with Crippen molar-refractivity contribution >= 4 is 40.3 Å². The molecule has 2 rings (SSSR count). The molecule has 0 bridgehead atoms. The molecule has 18 heavy (non-hydrogen) atoms. The molecule has 0 aliphatic heterocycles. The number of hydrogen-bond donors (Lipinski definition) is 2. The van der Waals surface area contributed by atoms with Gasteiger partial charge < -0.3 is 15.8 Å². The minimum absolute atomic E-state index is 0.487. The van der Waals surface area contributed by atoms with Crippen LogP contribution in [0.3, 0.4) is 0 Å². The van der Waals surface area contributed by atoms with Gasteiger partial charge in [-0.2, -0.15) is 0 Å². The summed E-state index contributed by atoms with van der Waals surface area (Å²) in [7, 11) is 1.59. The Labute approximate surface area is 115 Å². The summed E-state index contributed by atoms with van der Waals surface area (Å²) in [5, 5.41) is 4.27. The highest BCUT2D eigenvalue weighted by atomic mass is 35.5. The van der Waals surface area contributed by atoms with Crippen LogP contribution in [0.2, 0.25) is 10.0 Å². The van der Waals surface area contributed by atoms with Gasteiger partial charge in [0.15, 0.2) is 0 Å². The standard InChI is InChI=1S/C13H12Cl2N2O/c1-18-12-6-5-8(14)7-11(12)17-10-4-2-3-9(15)13(10)16/h2-7,17H,16H2,1H3. The summed E-state index contributed by atoms with van der Waals surface area (Å²) in [6, 6.07) is 10.7. The van der Waals surface area contributed by atoms with Gasteiger partial charge in [-0.3, -0.25) is 0 Å². The summed E-state index contributed by atoms with van der Waals surface area (Å²) in [5.41, 5.74) is 7.83. The molecule has 0 amide bonds. The zero-order valence-corrected chi connectivity index (χ0v) is 11.2. The summed E-state index contributed by atoms with van der Waals surface area (Å²) in [6.07, 6.45) is 0. The third-order valence-electron chi connectivity index (χ3n) is 2.48. The van der Waals surface area contributed by atoms with Crippen molar-refractivity contribution in [3.05, 3.63) is 46.4 Å². The maximum atomic E-state index is 5.96. The molecule has 0 unspecified atom stereocenters. The van der Waals surface area contributed by atoms with E-state index < -0.39 is 0 Å². The van der Waals surface area contributed by atoms with E-state index in [0.717, 1.165) is 5.69 Å². The first-order valence-electron chi connectivity index (χ1n) is 5.26. The smallest absolute Gasteiger partial charge is 0.142 e. The first-order valence-corrected chi connectivity index (χ1v) is 6.02. The maximum absolute atomic E-state index is 5.96. The topological polar surface area (TPSA) is 47.3 Å². The van der Waals surface area contributed by atoms with E-state index in [1.165, 1.54) is 0 Å². The quantitative estimate of drug-likeness (QED) is 0.824. The molecular weight excluding hydrogens is 271 g/mol. The number of benzene rings is 2. The Morgan fingerprint density at radius 2 is 1.89 bits per heavy atom. The Balaban J connectivity index is 2.39. The number of nitrogens with one attached hydrogen (secondary N) is 1. The van der Waals surface area contributed by atoms with Crippen molar-refractivity contribution in [2.45, 2.75) is 0 Å². The molecule has 5 heteroatoms. The van der Waals surface area contributed by atoms with E-state index in [1.807, 2.05) is 12.1 Å². The summed E-state index contributed by atoms with van der Waals surface area (Å²) >= 11 is 11.9. The van der Waals surface area contributed by atoms with E-state index in [2.05, 4.69) is 5.32 Å². The molecule has 0 spiro atoms. The normalized spacial score (nSPS) is 10.2. The number of anilines is 3. The third kappa shape index (κ3) is 2.63. The van der Waals surface area contributed by atoms with Gasteiger partial charge in [0.25, 0.3) is 0 Å². The fraction of sp³-hybridized carbons (Fsp3) is 0.0769. The van der Waals surface area contributed by atoms with Crippen LogP contribution in [0.4, 0.5) is 17.1 Å². The Morgan fingerprint density at radius 1 is 1.11 bits per heavy atom. The van der Waals surface area contributed by atoms with E-state index in [9.17, 15) is 0 Å². The molecule has 0 aromatic heterocycles. The van der Waals surface area contributed by atoms with Crippen LogP contribution >= 0.6 is 23.2 Å². The number of nitrogens with two attached hydrogens (primary N) is 1. The minimum Gasteiger partial charge on any atom is -0.495 e. The lowest BCUT2D eigenvalue weighted by Crippen LogP contribution is -1.98. The number of ether oxygens (including phenoxy) is 1. The summed E-state index contributed by atoms with van der Waals surface area (Å²) < 4.78 is 5.25. The van der Waals surface area contributed by atoms with Crippen LogP contribution in [0, 0.1) is 0 Å². The highest BCUT2D eigenvalue weighted by Crippen LogP contribution is 2.34. The highest BCUT2D eigenvalue weighted by Gasteiger charge is 2.07. The lowest BCUT2D eigenvalue weighted by molar-refractivity contribution is 0.417. The first kappa shape index (κ1) is 12.9. The molecule has 94 valence electrons. The monoisotopic (exact) mass is 282 g/mol. The van der Waals surface area contributed by atoms with E-state index >= 15 is 0 Å². The number of nitrogen functional groups attached to an aromatic ring is 1. The lowest BCUT2D eigenvalue weighted by atomic mass is 10.2. The molecule has 2 aromatic rings. The number of methoxy groups -OCH3 is 1. The van der Waals surface area contributed by atoms with Gasteiger partial charge in [-0.1, -0.05) is 29.3 Å². The first-order chi connectivity index (χ1) is 8.61. The Hall–Kier alpha value is -1.58. The van der Waals surface area contributed by atoms with Crippen molar-refractivity contribution in [3.63, 3.8) is 0 Å². The fourth-order valence-electron chi connectivity index (χ4n) is 1.57. The van der Waals surface area contributed by atoms with Gasteiger partial charge >= 0.3 is 0 Å². The van der Waals surface area contributed by atoms with Gasteiger partial charge in [0.05, 0.1) is 29.2 Å². The molecule has 0 saturated carbocycles. The second-order valence-corrected chi connectivity index (χ2v) is 4.51. The minimum atomic E-state index is 0.487. The number of halogens is 2. The molecule has 0 fully saturated rings. The van der Waals surface area contributed by atoms with Crippen LogP contribution in [-0.4, -0.2) is 7.11 Å². The van der Waals surface area contributed by atoms with Crippen LogP contribution < -0.4 is 15.8 Å². The predicted octanol–water partition coefficient (Wildman–Crippen LogP) is 4.33. The van der Waals surface area contributed by atoms with Crippen LogP contribution in [0.25, 0.3) is 0 Å². The predicted molar refractivity (Wildman–Crippen MR) is 77.2 cm³/mol. The fourth-order valence-corrected chi connectivity index (χ4v) is 1.92. The van der Waals surface area contributed by atoms with Gasteiger partial charge in [0.1, 0.15) is 5.75 Å². The number of rotatable bonds is 3. The highest BCUT2D eigenvalue weighted by molar-refractivity contribution is 6.33. The van der Waals surface area contributed by atoms with E-state index in [1.54, 1.807) is 31.4 Å². The summed E-state index contributed by atoms with van der Waals surface area (Å²) in [6.45, 7) is 0. The molecule has 0 aliphatic rings. The molecule has 2 aromatic carbocycles. The van der Waals surface area contributed by atoms with E-state index in [0.29, 0.717) is 27.2 Å². The summed E-state index contributed by atoms with van der Waals surface area (Å²) in [4.78, 5) is 0. The second kappa shape index (κ2) is 5.38.